The Hall–Kier alpha value is -5.00. The quantitative estimate of drug-likeness (QED) is 0.130. The monoisotopic (exact) mass is 596 g/mol. The molecule has 0 fully saturated rings. The molecule has 0 saturated heterocycles. The molecule has 10 heteroatoms. The number of methoxy groups -OCH3 is 2. The Kier molecular flexibility index (Phi) is 8.67. The number of para-hydroxylation sites is 1. The predicted molar refractivity (Wildman–Crippen MR) is 161 cm³/mol. The molecular weight excluding hydrogens is 564 g/mol. The molecule has 2 N–H and O–H groups in total. The van der Waals surface area contributed by atoms with E-state index in [0.29, 0.717) is 23.0 Å². The summed E-state index contributed by atoms with van der Waals surface area (Å²) < 4.78 is 34.7. The molecule has 6 rings (SSSR count). The van der Waals surface area contributed by atoms with Gasteiger partial charge < -0.3 is 47.2 Å². The zero-order chi connectivity index (χ0) is 30.5. The van der Waals surface area contributed by atoms with Crippen LogP contribution in [0.2, 0.25) is 0 Å². The maximum absolute atomic E-state index is 11.4. The van der Waals surface area contributed by atoms with Crippen LogP contribution in [0.25, 0.3) is 11.3 Å². The van der Waals surface area contributed by atoms with Gasteiger partial charge in [0.15, 0.2) is 48.0 Å². The van der Waals surface area contributed by atoms with Crippen LogP contribution in [0.1, 0.15) is 48.0 Å². The van der Waals surface area contributed by atoms with E-state index in [1.165, 1.54) is 11.2 Å². The van der Waals surface area contributed by atoms with Crippen molar-refractivity contribution >= 4 is 11.4 Å². The van der Waals surface area contributed by atoms with E-state index in [4.69, 9.17) is 27.1 Å². The fourth-order valence-electron chi connectivity index (χ4n) is 5.16. The van der Waals surface area contributed by atoms with Crippen molar-refractivity contribution in [1.82, 2.24) is 0 Å². The average Bonchev–Trinajstić information content (AvgIpc) is 3.90. The minimum absolute atomic E-state index is 0.245. The summed E-state index contributed by atoms with van der Waals surface area (Å²) in [4.78, 5) is 3.33. The van der Waals surface area contributed by atoms with Crippen LogP contribution >= 0.6 is 0 Å². The van der Waals surface area contributed by atoms with Crippen LogP contribution in [-0.2, 0) is 9.47 Å². The molecule has 0 aliphatic heterocycles. The molecule has 6 aromatic rings. The van der Waals surface area contributed by atoms with Gasteiger partial charge in [0.1, 0.15) is 5.76 Å². The Morgan fingerprint density at radius 1 is 0.523 bits per heavy atom. The van der Waals surface area contributed by atoms with E-state index in [1.54, 1.807) is 75.3 Å². The van der Waals surface area contributed by atoms with Crippen LogP contribution in [0.15, 0.2) is 140 Å². The molecule has 0 bridgehead atoms. The first-order valence-corrected chi connectivity index (χ1v) is 13.9. The summed E-state index contributed by atoms with van der Waals surface area (Å²) >= 11 is 0. The van der Waals surface area contributed by atoms with Gasteiger partial charge in [-0.15, -0.1) is 0 Å². The van der Waals surface area contributed by atoms with Crippen LogP contribution < -0.4 is 9.80 Å². The second-order valence-electron chi connectivity index (χ2n) is 9.87. The van der Waals surface area contributed by atoms with E-state index in [0.717, 1.165) is 11.3 Å². The molecular formula is C34H32N2O8. The van der Waals surface area contributed by atoms with Crippen molar-refractivity contribution in [3.8, 4) is 11.3 Å². The van der Waals surface area contributed by atoms with Gasteiger partial charge in [-0.1, -0.05) is 18.2 Å². The van der Waals surface area contributed by atoms with Gasteiger partial charge >= 0.3 is 0 Å². The molecule has 0 spiro atoms. The summed E-state index contributed by atoms with van der Waals surface area (Å²) in [6, 6.07) is 30.7. The third-order valence-corrected chi connectivity index (χ3v) is 7.24. The molecule has 4 atom stereocenters. The zero-order valence-electron chi connectivity index (χ0n) is 24.1. The number of furan rings is 4. The molecule has 0 amide bonds. The second-order valence-corrected chi connectivity index (χ2v) is 9.87. The topological polar surface area (TPSA) is 118 Å². The molecule has 0 aliphatic rings. The smallest absolute Gasteiger partial charge is 0.191 e. The number of ether oxygens (including phenoxy) is 2. The third kappa shape index (κ3) is 5.79. The highest BCUT2D eigenvalue weighted by Crippen LogP contribution is 2.39. The van der Waals surface area contributed by atoms with Crippen molar-refractivity contribution in [2.45, 2.75) is 24.9 Å². The standard InChI is InChI=1S/C34H32N2O8/c1-39-33(29-12-7-21-42-29)36(34(40-2)30-13-8-22-43-30)25-16-14-23(15-17-25)26-18-19-28(44-26)32(38)35(24-9-4-3-5-10-24)31(37)27-11-6-20-41-27/h3-22,31-34,37-38H,1-2H3. The van der Waals surface area contributed by atoms with Crippen molar-refractivity contribution < 1.29 is 37.4 Å². The summed E-state index contributed by atoms with van der Waals surface area (Å²) in [6.07, 6.45) is 0.831. The summed E-state index contributed by atoms with van der Waals surface area (Å²) in [6.45, 7) is 0. The molecule has 10 nitrogen and oxygen atoms in total. The number of anilines is 2. The minimum atomic E-state index is -1.31. The van der Waals surface area contributed by atoms with Gasteiger partial charge in [0.2, 0.25) is 0 Å². The first-order chi connectivity index (χ1) is 21.6. The van der Waals surface area contributed by atoms with E-state index >= 15 is 0 Å². The van der Waals surface area contributed by atoms with Crippen molar-refractivity contribution in [2.75, 3.05) is 24.0 Å². The molecule has 2 aromatic carbocycles. The fraction of sp³-hybridized carbons (Fsp3) is 0.176. The second kappa shape index (κ2) is 13.1. The van der Waals surface area contributed by atoms with E-state index in [2.05, 4.69) is 0 Å². The molecule has 0 radical (unpaired) electrons. The lowest BCUT2D eigenvalue weighted by atomic mass is 10.1. The van der Waals surface area contributed by atoms with Crippen molar-refractivity contribution in [2.24, 2.45) is 0 Å². The number of rotatable bonds is 13. The maximum Gasteiger partial charge on any atom is 0.191 e. The van der Waals surface area contributed by atoms with Gasteiger partial charge in [-0.05, 0) is 84.9 Å². The van der Waals surface area contributed by atoms with Gasteiger partial charge in [-0.3, -0.25) is 0 Å². The Morgan fingerprint density at radius 2 is 1.05 bits per heavy atom. The summed E-state index contributed by atoms with van der Waals surface area (Å²) in [5.41, 5.74) is 2.12. The Morgan fingerprint density at radius 3 is 1.57 bits per heavy atom. The third-order valence-electron chi connectivity index (χ3n) is 7.24. The molecule has 0 saturated carbocycles. The van der Waals surface area contributed by atoms with Gasteiger partial charge in [0.25, 0.3) is 0 Å². The molecule has 0 aliphatic carbocycles. The highest BCUT2D eigenvalue weighted by Gasteiger charge is 2.33. The van der Waals surface area contributed by atoms with Gasteiger partial charge in [0.05, 0.1) is 18.8 Å². The molecule has 226 valence electrons. The average molecular weight is 597 g/mol. The van der Waals surface area contributed by atoms with Crippen LogP contribution in [0.3, 0.4) is 0 Å². The van der Waals surface area contributed by atoms with E-state index in [9.17, 15) is 10.2 Å². The fourth-order valence-corrected chi connectivity index (χ4v) is 5.16. The lowest BCUT2D eigenvalue weighted by Crippen LogP contribution is -2.34. The predicted octanol–water partition coefficient (Wildman–Crippen LogP) is 7.41. The Labute approximate surface area is 253 Å². The highest BCUT2D eigenvalue weighted by atomic mass is 16.5. The van der Waals surface area contributed by atoms with Crippen LogP contribution in [0.5, 0.6) is 0 Å². The first-order valence-electron chi connectivity index (χ1n) is 13.9. The van der Waals surface area contributed by atoms with Crippen molar-refractivity contribution in [3.05, 3.63) is 145 Å². The lowest BCUT2D eigenvalue weighted by molar-refractivity contribution is 0.00580. The van der Waals surface area contributed by atoms with E-state index in [-0.39, 0.29) is 11.5 Å². The Bertz CT molecular complexity index is 1640. The van der Waals surface area contributed by atoms with Crippen molar-refractivity contribution in [3.63, 3.8) is 0 Å². The number of hydrogen-bond acceptors (Lipinski definition) is 10. The molecule has 4 aromatic heterocycles. The maximum atomic E-state index is 11.4. The zero-order valence-corrected chi connectivity index (χ0v) is 24.1. The number of nitrogens with zero attached hydrogens (tertiary/aromatic N) is 2. The van der Waals surface area contributed by atoms with Gasteiger partial charge in [-0.25, -0.2) is 0 Å². The molecule has 4 heterocycles. The van der Waals surface area contributed by atoms with E-state index < -0.39 is 24.9 Å². The molecule has 44 heavy (non-hydrogen) atoms. The van der Waals surface area contributed by atoms with Gasteiger partial charge in [-0.2, -0.15) is 0 Å². The van der Waals surface area contributed by atoms with Crippen LogP contribution in [-0.4, -0.2) is 24.4 Å². The van der Waals surface area contributed by atoms with E-state index in [1.807, 2.05) is 59.5 Å². The number of aliphatic hydroxyl groups excluding tert-OH is 2. The number of aliphatic hydroxyl groups is 2. The molecule has 4 unspecified atom stereocenters. The minimum Gasteiger partial charge on any atom is -0.465 e. The lowest BCUT2D eigenvalue weighted by Gasteiger charge is -2.36. The van der Waals surface area contributed by atoms with Gasteiger partial charge in [0, 0.05) is 31.2 Å². The summed E-state index contributed by atoms with van der Waals surface area (Å²) in [7, 11) is 3.20. The van der Waals surface area contributed by atoms with Crippen molar-refractivity contribution in [1.29, 1.82) is 0 Å². The largest absolute Gasteiger partial charge is 0.465 e. The SMILES string of the molecule is COC(c1ccco1)N(c1ccc(-c2ccc(C(O)N(c3ccccc3)C(O)c3ccco3)o2)cc1)C(OC)c1ccco1. The summed E-state index contributed by atoms with van der Waals surface area (Å²) in [5.74, 6) is 2.24. The number of hydrogen-bond donors (Lipinski definition) is 2. The first kappa shape index (κ1) is 29.1. The Balaban J connectivity index is 1.30. The normalized spacial score (nSPS) is 14.2. The van der Waals surface area contributed by atoms with Crippen LogP contribution in [0.4, 0.5) is 11.4 Å². The highest BCUT2D eigenvalue weighted by molar-refractivity contribution is 5.63. The van der Waals surface area contributed by atoms with Crippen LogP contribution in [0, 0.1) is 0 Å². The number of benzene rings is 2. The summed E-state index contributed by atoms with van der Waals surface area (Å²) in [5, 5.41) is 22.5.